The third-order valence-electron chi connectivity index (χ3n) is 7.38. The number of nitrogens with one attached hydrogen (secondary N) is 2. The molecule has 1 aliphatic heterocycles. The number of thiocarbonyl (C=S) groups is 1. The summed E-state index contributed by atoms with van der Waals surface area (Å²) >= 11 is 4.95. The first-order chi connectivity index (χ1) is 19.5. The molecule has 1 aromatic heterocycles. The second-order valence-corrected chi connectivity index (χ2v) is 9.91. The van der Waals surface area contributed by atoms with E-state index in [2.05, 4.69) is 56.9 Å². The fourth-order valence-corrected chi connectivity index (χ4v) is 5.49. The molecule has 0 bridgehead atoms. The number of benzene rings is 3. The number of aromatic nitrogens is 2. The van der Waals surface area contributed by atoms with E-state index >= 15 is 0 Å². The van der Waals surface area contributed by atoms with Gasteiger partial charge in [-0.2, -0.15) is 0 Å². The molecular weight excluding hydrogens is 524 g/mol. The highest BCUT2D eigenvalue weighted by Gasteiger charge is 2.41. The third kappa shape index (κ3) is 5.33. The van der Waals surface area contributed by atoms with Crippen LogP contribution >= 0.6 is 12.2 Å². The Kier molecular flexibility index (Phi) is 8.19. The Morgan fingerprint density at radius 2 is 1.62 bits per heavy atom. The molecule has 4 aromatic rings. The molecule has 5 rings (SSSR count). The van der Waals surface area contributed by atoms with Crippen molar-refractivity contribution in [3.05, 3.63) is 134 Å². The quantitative estimate of drug-likeness (QED) is 0.183. The van der Waals surface area contributed by atoms with Gasteiger partial charge in [0.25, 0.3) is 5.56 Å². The molecule has 204 valence electrons. The van der Waals surface area contributed by atoms with Crippen LogP contribution in [0.1, 0.15) is 34.9 Å². The fourth-order valence-electron chi connectivity index (χ4n) is 5.35. The molecular formula is C31H30N4O4S. The first-order valence-electron chi connectivity index (χ1n) is 13.0. The number of aliphatic imine (C=N–C) groups is 1. The summed E-state index contributed by atoms with van der Waals surface area (Å²) in [5.74, 6) is 0.762. The minimum atomic E-state index is -0.742. The van der Waals surface area contributed by atoms with Gasteiger partial charge in [-0.3, -0.25) is 19.7 Å². The van der Waals surface area contributed by atoms with Gasteiger partial charge in [0, 0.05) is 24.7 Å². The summed E-state index contributed by atoms with van der Waals surface area (Å²) in [7, 11) is 1.65. The maximum absolute atomic E-state index is 12.6. The predicted octanol–water partition coefficient (Wildman–Crippen LogP) is 4.19. The van der Waals surface area contributed by atoms with E-state index in [4.69, 9.17) is 21.7 Å². The van der Waals surface area contributed by atoms with Crippen molar-refractivity contribution in [2.45, 2.75) is 37.3 Å². The normalized spacial score (nSPS) is 18.7. The molecule has 3 aromatic carbocycles. The van der Waals surface area contributed by atoms with Crippen LogP contribution in [0.5, 0.6) is 5.75 Å². The Morgan fingerprint density at radius 3 is 2.20 bits per heavy atom. The Morgan fingerprint density at radius 1 is 1.02 bits per heavy atom. The molecule has 1 aliphatic rings. The van der Waals surface area contributed by atoms with Crippen LogP contribution in [0.2, 0.25) is 0 Å². The van der Waals surface area contributed by atoms with Gasteiger partial charge >= 0.3 is 5.69 Å². The highest BCUT2D eigenvalue weighted by atomic mass is 32.1. The van der Waals surface area contributed by atoms with E-state index in [-0.39, 0.29) is 6.04 Å². The maximum atomic E-state index is 12.6. The third-order valence-corrected chi connectivity index (χ3v) is 7.49. The summed E-state index contributed by atoms with van der Waals surface area (Å²) in [6, 6.07) is 28.1. The van der Waals surface area contributed by atoms with Gasteiger partial charge in [-0.1, -0.05) is 72.8 Å². The number of hydrogen-bond acceptors (Lipinski definition) is 7. The zero-order valence-electron chi connectivity index (χ0n) is 22.2. The topological polar surface area (TPSA) is 97.7 Å². The second kappa shape index (κ2) is 11.9. The van der Waals surface area contributed by atoms with E-state index in [1.54, 1.807) is 14.0 Å². The van der Waals surface area contributed by atoms with Gasteiger partial charge in [0.15, 0.2) is 0 Å². The van der Waals surface area contributed by atoms with Crippen LogP contribution in [-0.4, -0.2) is 40.5 Å². The summed E-state index contributed by atoms with van der Waals surface area (Å²) in [6.45, 7) is 2.03. The highest BCUT2D eigenvalue weighted by molar-refractivity contribution is 7.78. The molecule has 0 saturated carbocycles. The number of ether oxygens (including phenoxy) is 2. The van der Waals surface area contributed by atoms with Gasteiger partial charge in [-0.25, -0.2) is 9.79 Å². The van der Waals surface area contributed by atoms with E-state index in [1.807, 2.05) is 48.5 Å². The lowest BCUT2D eigenvalue weighted by Gasteiger charge is -2.38. The molecule has 0 unspecified atom stereocenters. The number of methoxy groups -OCH3 is 1. The largest absolute Gasteiger partial charge is 0.497 e. The van der Waals surface area contributed by atoms with Gasteiger partial charge in [-0.05, 0) is 48.0 Å². The number of rotatable bonds is 9. The summed E-state index contributed by atoms with van der Waals surface area (Å²) in [5, 5.41) is 6.32. The second-order valence-electron chi connectivity index (χ2n) is 9.72. The molecule has 0 spiro atoms. The van der Waals surface area contributed by atoms with Crippen molar-refractivity contribution in [2.24, 2.45) is 4.99 Å². The van der Waals surface area contributed by atoms with Crippen molar-refractivity contribution < 1.29 is 9.47 Å². The fraction of sp³-hybridized carbons (Fsp3) is 0.258. The number of H-pyrrole nitrogens is 1. The van der Waals surface area contributed by atoms with E-state index in [0.717, 1.165) is 22.4 Å². The van der Waals surface area contributed by atoms with Crippen LogP contribution in [0.4, 0.5) is 0 Å². The summed E-state index contributed by atoms with van der Waals surface area (Å²) in [5.41, 5.74) is 1.84. The molecule has 1 saturated heterocycles. The zero-order chi connectivity index (χ0) is 28.1. The van der Waals surface area contributed by atoms with Crippen LogP contribution in [-0.2, 0) is 10.3 Å². The van der Waals surface area contributed by atoms with Crippen LogP contribution in [0.3, 0.4) is 0 Å². The lowest BCUT2D eigenvalue weighted by atomic mass is 9.76. The Balaban J connectivity index is 1.56. The minimum absolute atomic E-state index is 0.339. The number of hydrogen-bond donors (Lipinski definition) is 2. The molecule has 40 heavy (non-hydrogen) atoms. The van der Waals surface area contributed by atoms with Crippen LogP contribution in [0.25, 0.3) is 0 Å². The molecule has 2 heterocycles. The van der Waals surface area contributed by atoms with Crippen LogP contribution in [0, 0.1) is 6.92 Å². The smallest absolute Gasteiger partial charge is 0.330 e. The van der Waals surface area contributed by atoms with Gasteiger partial charge in [0.05, 0.1) is 30.0 Å². The van der Waals surface area contributed by atoms with Crippen molar-refractivity contribution in [3.63, 3.8) is 0 Å². The molecule has 0 radical (unpaired) electrons. The molecule has 1 fully saturated rings. The Labute approximate surface area is 237 Å². The van der Waals surface area contributed by atoms with Crippen LogP contribution < -0.4 is 21.3 Å². The Bertz CT molecular complexity index is 1570. The average molecular weight is 555 g/mol. The van der Waals surface area contributed by atoms with Crippen molar-refractivity contribution >= 4 is 17.4 Å². The van der Waals surface area contributed by atoms with E-state index in [9.17, 15) is 9.59 Å². The van der Waals surface area contributed by atoms with Crippen molar-refractivity contribution in [1.29, 1.82) is 0 Å². The lowest BCUT2D eigenvalue weighted by Crippen LogP contribution is -2.49. The maximum Gasteiger partial charge on any atom is 0.330 e. The number of aromatic amines is 1. The summed E-state index contributed by atoms with van der Waals surface area (Å²) < 4.78 is 13.3. The van der Waals surface area contributed by atoms with Crippen molar-refractivity contribution in [3.8, 4) is 5.75 Å². The first-order valence-corrected chi connectivity index (χ1v) is 13.4. The lowest BCUT2D eigenvalue weighted by molar-refractivity contribution is -0.00386. The molecule has 9 heteroatoms. The van der Waals surface area contributed by atoms with Crippen LogP contribution in [0.15, 0.2) is 106 Å². The number of aryl methyl sites for hydroxylation is 1. The zero-order valence-corrected chi connectivity index (χ0v) is 23.1. The van der Waals surface area contributed by atoms with Crippen molar-refractivity contribution in [2.75, 3.05) is 13.7 Å². The van der Waals surface area contributed by atoms with Crippen molar-refractivity contribution in [1.82, 2.24) is 14.9 Å². The standard InChI is InChI=1S/C31H30N4O4S/c1-21-19-35(30(37)34-29(21)36)28-17-26(32-20-40)27(39-28)18-33-31(22-9-5-3-6-10-22,23-11-7-4-8-12-23)24-13-15-25(38-2)16-14-24/h3-16,19,26-28,33H,17-18H2,1-2H3,(H,34,36,37)/t26-,27+,28+/m0/s1. The summed E-state index contributed by atoms with van der Waals surface area (Å²) in [4.78, 5) is 31.3. The molecule has 8 nitrogen and oxygen atoms in total. The molecule has 0 amide bonds. The van der Waals surface area contributed by atoms with Gasteiger partial charge < -0.3 is 9.47 Å². The van der Waals surface area contributed by atoms with Gasteiger partial charge in [-0.15, -0.1) is 0 Å². The number of nitrogens with zero attached hydrogens (tertiary/aromatic N) is 2. The number of isothiocyanates is 1. The predicted molar refractivity (Wildman–Crippen MR) is 157 cm³/mol. The summed E-state index contributed by atoms with van der Waals surface area (Å²) in [6.07, 6.45) is 0.892. The highest BCUT2D eigenvalue weighted by Crippen LogP contribution is 2.38. The van der Waals surface area contributed by atoms with E-state index < -0.39 is 29.1 Å². The minimum Gasteiger partial charge on any atom is -0.497 e. The monoisotopic (exact) mass is 554 g/mol. The first kappa shape index (κ1) is 27.4. The van der Waals surface area contributed by atoms with E-state index in [0.29, 0.717) is 18.5 Å². The molecule has 2 N–H and O–H groups in total. The molecule has 3 atom stereocenters. The van der Waals surface area contributed by atoms with E-state index in [1.165, 1.54) is 10.8 Å². The molecule has 0 aliphatic carbocycles. The Hall–Kier alpha value is -4.14. The van der Waals surface area contributed by atoms with Gasteiger partial charge in [0.2, 0.25) is 0 Å². The van der Waals surface area contributed by atoms with Gasteiger partial charge in [0.1, 0.15) is 12.0 Å². The average Bonchev–Trinajstić information content (AvgIpc) is 3.39. The SMILES string of the molecule is COc1ccc(C(NC[C@H]2O[C@@H](n3cc(C)c(=O)[nH]c3=O)C[C@@H]2N=C=S)(c2ccccc2)c2ccccc2)cc1.